The minimum atomic E-state index is -0.00619. The number of hydrogen-bond donors (Lipinski definition) is 2. The lowest BCUT2D eigenvalue weighted by Crippen LogP contribution is -3.15. The van der Waals surface area contributed by atoms with Gasteiger partial charge in [-0.2, -0.15) is 0 Å². The van der Waals surface area contributed by atoms with Crippen LogP contribution >= 0.6 is 0 Å². The first kappa shape index (κ1) is 22.8. The summed E-state index contributed by atoms with van der Waals surface area (Å²) >= 11 is 0. The summed E-state index contributed by atoms with van der Waals surface area (Å²) in [6, 6.07) is 15.8. The van der Waals surface area contributed by atoms with E-state index in [0.29, 0.717) is 31.3 Å². The molecule has 6 nitrogen and oxygen atoms in total. The molecule has 31 heavy (non-hydrogen) atoms. The van der Waals surface area contributed by atoms with Crippen LogP contribution in [-0.4, -0.2) is 56.0 Å². The number of hydrogen-bond acceptors (Lipinski definition) is 3. The number of ether oxygens (including phenoxy) is 1. The lowest BCUT2D eigenvalue weighted by Gasteiger charge is -2.31. The van der Waals surface area contributed by atoms with Crippen molar-refractivity contribution in [2.24, 2.45) is 0 Å². The number of rotatable bonds is 8. The van der Waals surface area contributed by atoms with E-state index in [1.165, 1.54) is 10.5 Å². The van der Waals surface area contributed by atoms with Crippen LogP contribution in [0.4, 0.5) is 5.69 Å². The van der Waals surface area contributed by atoms with Crippen molar-refractivity contribution in [2.45, 2.75) is 33.1 Å². The predicted octanol–water partition coefficient (Wildman–Crippen LogP) is 2.12. The standard InChI is InChI=1S/C25H33N3O3/c1-4-20-7-5-6-8-23(20)26-24(29)17-27-13-15-28(16-14-27)25(30)18-31-22-11-9-21(10-12-22)19(2)3/h5-12,19H,4,13-18H2,1-3H3,(H,26,29)/p+1. The van der Waals surface area contributed by atoms with Gasteiger partial charge in [-0.05, 0) is 41.7 Å². The molecule has 2 aromatic carbocycles. The maximum absolute atomic E-state index is 12.5. The molecule has 0 aromatic heterocycles. The average Bonchev–Trinajstić information content (AvgIpc) is 2.78. The minimum Gasteiger partial charge on any atom is -0.484 e. The highest BCUT2D eigenvalue weighted by Crippen LogP contribution is 2.18. The van der Waals surface area contributed by atoms with Gasteiger partial charge in [0.1, 0.15) is 5.75 Å². The fourth-order valence-electron chi connectivity index (χ4n) is 3.81. The molecule has 2 amide bonds. The van der Waals surface area contributed by atoms with Gasteiger partial charge in [-0.15, -0.1) is 0 Å². The van der Waals surface area contributed by atoms with Crippen molar-refractivity contribution >= 4 is 17.5 Å². The van der Waals surface area contributed by atoms with Crippen LogP contribution in [0.25, 0.3) is 0 Å². The van der Waals surface area contributed by atoms with Gasteiger partial charge in [0, 0.05) is 5.69 Å². The molecular formula is C25H34N3O3+. The molecule has 1 aliphatic rings. The smallest absolute Gasteiger partial charge is 0.279 e. The lowest BCUT2D eigenvalue weighted by molar-refractivity contribution is -0.895. The van der Waals surface area contributed by atoms with Crippen LogP contribution in [0.5, 0.6) is 5.75 Å². The Labute approximate surface area is 185 Å². The molecule has 3 rings (SSSR count). The summed E-state index contributed by atoms with van der Waals surface area (Å²) in [5, 5.41) is 3.03. The molecular weight excluding hydrogens is 390 g/mol. The van der Waals surface area contributed by atoms with E-state index in [0.717, 1.165) is 30.8 Å². The van der Waals surface area contributed by atoms with Gasteiger partial charge in [0.25, 0.3) is 11.8 Å². The van der Waals surface area contributed by atoms with Crippen LogP contribution in [0.2, 0.25) is 0 Å². The zero-order valence-corrected chi connectivity index (χ0v) is 18.8. The first-order valence-corrected chi connectivity index (χ1v) is 11.2. The molecule has 1 heterocycles. The van der Waals surface area contributed by atoms with Crippen molar-refractivity contribution in [3.05, 3.63) is 59.7 Å². The Balaban J connectivity index is 1.40. The topological polar surface area (TPSA) is 63.1 Å². The summed E-state index contributed by atoms with van der Waals surface area (Å²) in [4.78, 5) is 28.0. The van der Waals surface area contributed by atoms with Crippen LogP contribution in [0, 0.1) is 0 Å². The van der Waals surface area contributed by atoms with Gasteiger partial charge in [-0.1, -0.05) is 51.1 Å². The Morgan fingerprint density at radius 1 is 1.06 bits per heavy atom. The summed E-state index contributed by atoms with van der Waals surface area (Å²) in [5.41, 5.74) is 3.28. The molecule has 2 N–H and O–H groups in total. The van der Waals surface area contributed by atoms with Crippen LogP contribution in [0.1, 0.15) is 37.8 Å². The second-order valence-electron chi connectivity index (χ2n) is 8.38. The number of benzene rings is 2. The molecule has 1 fully saturated rings. The Hall–Kier alpha value is -2.86. The van der Waals surface area contributed by atoms with Crippen LogP contribution in [-0.2, 0) is 16.0 Å². The number of carbonyl (C=O) groups excluding carboxylic acids is 2. The molecule has 1 saturated heterocycles. The van der Waals surface area contributed by atoms with Gasteiger partial charge in [-0.25, -0.2) is 0 Å². The van der Waals surface area contributed by atoms with E-state index in [1.54, 1.807) is 0 Å². The molecule has 0 spiro atoms. The summed E-state index contributed by atoms with van der Waals surface area (Å²) in [5.74, 6) is 1.20. The normalized spacial score (nSPS) is 14.5. The van der Waals surface area contributed by atoms with E-state index in [9.17, 15) is 9.59 Å². The minimum absolute atomic E-state index is 0.00619. The van der Waals surface area contributed by atoms with Crippen molar-refractivity contribution < 1.29 is 19.2 Å². The van der Waals surface area contributed by atoms with Crippen molar-refractivity contribution in [1.82, 2.24) is 4.90 Å². The van der Waals surface area contributed by atoms with Crippen molar-refractivity contribution in [1.29, 1.82) is 0 Å². The maximum Gasteiger partial charge on any atom is 0.279 e. The number of para-hydroxylation sites is 1. The SMILES string of the molecule is CCc1ccccc1NC(=O)C[NH+]1CCN(C(=O)COc2ccc(C(C)C)cc2)CC1. The first-order valence-electron chi connectivity index (χ1n) is 11.2. The first-order chi connectivity index (χ1) is 15.0. The Kier molecular flexibility index (Phi) is 8.06. The molecule has 0 bridgehead atoms. The third kappa shape index (κ3) is 6.56. The zero-order chi connectivity index (χ0) is 22.2. The highest BCUT2D eigenvalue weighted by Gasteiger charge is 2.25. The number of aryl methyl sites for hydroxylation is 1. The van der Waals surface area contributed by atoms with E-state index in [4.69, 9.17) is 4.74 Å². The molecule has 1 aliphatic heterocycles. The number of piperazine rings is 1. The molecule has 6 heteroatoms. The van der Waals surface area contributed by atoms with E-state index in [-0.39, 0.29) is 18.4 Å². The molecule has 2 aromatic rings. The summed E-state index contributed by atoms with van der Waals surface area (Å²) in [7, 11) is 0. The molecule has 166 valence electrons. The van der Waals surface area contributed by atoms with E-state index >= 15 is 0 Å². The number of nitrogens with one attached hydrogen (secondary N) is 2. The number of amides is 2. The largest absolute Gasteiger partial charge is 0.484 e. The molecule has 0 saturated carbocycles. The predicted molar refractivity (Wildman–Crippen MR) is 123 cm³/mol. The number of anilines is 1. The van der Waals surface area contributed by atoms with E-state index in [1.807, 2.05) is 53.4 Å². The van der Waals surface area contributed by atoms with Crippen LogP contribution in [0.3, 0.4) is 0 Å². The van der Waals surface area contributed by atoms with Gasteiger partial charge in [0.2, 0.25) is 0 Å². The van der Waals surface area contributed by atoms with Crippen molar-refractivity contribution in [3.63, 3.8) is 0 Å². The Morgan fingerprint density at radius 3 is 2.39 bits per heavy atom. The van der Waals surface area contributed by atoms with Crippen molar-refractivity contribution in [2.75, 3.05) is 44.6 Å². The second kappa shape index (κ2) is 11.0. The fourth-order valence-corrected chi connectivity index (χ4v) is 3.81. The van der Waals surface area contributed by atoms with Gasteiger partial charge in [0.05, 0.1) is 26.2 Å². The molecule has 0 atom stereocenters. The van der Waals surface area contributed by atoms with Gasteiger partial charge >= 0.3 is 0 Å². The van der Waals surface area contributed by atoms with Gasteiger partial charge < -0.3 is 19.9 Å². The summed E-state index contributed by atoms with van der Waals surface area (Å²) < 4.78 is 5.67. The summed E-state index contributed by atoms with van der Waals surface area (Å²) in [6.45, 7) is 9.64. The maximum atomic E-state index is 12.5. The molecule has 0 aliphatic carbocycles. The monoisotopic (exact) mass is 424 g/mol. The Morgan fingerprint density at radius 2 is 1.74 bits per heavy atom. The number of quaternary nitrogens is 1. The van der Waals surface area contributed by atoms with Gasteiger partial charge in [-0.3, -0.25) is 9.59 Å². The van der Waals surface area contributed by atoms with Gasteiger partial charge in [0.15, 0.2) is 13.2 Å². The van der Waals surface area contributed by atoms with Crippen LogP contribution < -0.4 is 15.0 Å². The fraction of sp³-hybridized carbons (Fsp3) is 0.440. The van der Waals surface area contributed by atoms with E-state index < -0.39 is 0 Å². The average molecular weight is 425 g/mol. The van der Waals surface area contributed by atoms with E-state index in [2.05, 4.69) is 26.1 Å². The third-order valence-corrected chi connectivity index (χ3v) is 5.82. The lowest BCUT2D eigenvalue weighted by atomic mass is 10.0. The second-order valence-corrected chi connectivity index (χ2v) is 8.38. The highest BCUT2D eigenvalue weighted by atomic mass is 16.5. The van der Waals surface area contributed by atoms with Crippen molar-refractivity contribution in [3.8, 4) is 5.75 Å². The zero-order valence-electron chi connectivity index (χ0n) is 18.8. The molecule has 0 unspecified atom stereocenters. The summed E-state index contributed by atoms with van der Waals surface area (Å²) in [6.07, 6.45) is 0.883. The number of nitrogens with zero attached hydrogens (tertiary/aromatic N) is 1. The quantitative estimate of drug-likeness (QED) is 0.682. The highest BCUT2D eigenvalue weighted by molar-refractivity contribution is 5.92. The molecule has 0 radical (unpaired) electrons. The van der Waals surface area contributed by atoms with Crippen LogP contribution in [0.15, 0.2) is 48.5 Å². The third-order valence-electron chi connectivity index (χ3n) is 5.82. The number of carbonyl (C=O) groups is 2. The Bertz CT molecular complexity index is 872.